The Morgan fingerprint density at radius 2 is 1.86 bits per heavy atom. The fraction of sp³-hybridized carbons (Fsp3) is 0.643. The van der Waals surface area contributed by atoms with E-state index in [2.05, 4.69) is 0 Å². The van der Waals surface area contributed by atoms with Crippen LogP contribution in [0.2, 0.25) is 0 Å². The van der Waals surface area contributed by atoms with E-state index < -0.39 is 10.0 Å². The van der Waals surface area contributed by atoms with Gasteiger partial charge in [-0.05, 0) is 18.6 Å². The molecule has 2 aliphatic rings. The Kier molecular flexibility index (Phi) is 4.24. The Labute approximate surface area is 130 Å². The summed E-state index contributed by atoms with van der Waals surface area (Å²) < 4.78 is 32.2. The molecule has 0 aromatic carbocycles. The zero-order valence-electron chi connectivity index (χ0n) is 12.7. The number of carbonyl (C=O) groups is 1. The lowest BCUT2D eigenvalue weighted by Gasteiger charge is -2.27. The van der Waals surface area contributed by atoms with Crippen molar-refractivity contribution in [1.29, 1.82) is 0 Å². The lowest BCUT2D eigenvalue weighted by molar-refractivity contribution is 0.0295. The highest BCUT2D eigenvalue weighted by molar-refractivity contribution is 7.88. The molecule has 8 heteroatoms. The number of rotatable bonds is 2. The van der Waals surface area contributed by atoms with Gasteiger partial charge in [0.05, 0.1) is 26.0 Å². The summed E-state index contributed by atoms with van der Waals surface area (Å²) in [5.41, 5.74) is 1.52. The van der Waals surface area contributed by atoms with Gasteiger partial charge in [0.1, 0.15) is 5.69 Å². The minimum Gasteiger partial charge on any atom is -0.378 e. The van der Waals surface area contributed by atoms with E-state index >= 15 is 0 Å². The summed E-state index contributed by atoms with van der Waals surface area (Å²) in [6.07, 6.45) is 1.93. The highest BCUT2D eigenvalue weighted by Gasteiger charge is 2.26. The van der Waals surface area contributed by atoms with Gasteiger partial charge in [-0.1, -0.05) is 0 Å². The highest BCUT2D eigenvalue weighted by Crippen LogP contribution is 2.20. The average molecular weight is 327 g/mol. The van der Waals surface area contributed by atoms with E-state index in [1.807, 2.05) is 10.6 Å². The topological polar surface area (TPSA) is 71.9 Å². The van der Waals surface area contributed by atoms with Crippen molar-refractivity contribution in [3.63, 3.8) is 0 Å². The van der Waals surface area contributed by atoms with E-state index in [4.69, 9.17) is 4.74 Å². The molecular formula is C14H21N3O4S. The lowest BCUT2D eigenvalue weighted by Crippen LogP contribution is -2.41. The normalized spacial score (nSPS) is 20.5. The first-order valence-corrected chi connectivity index (χ1v) is 9.32. The SMILES string of the molecule is CS(=O)(=O)N1CCCn2c(ccc2C(=O)N2CCOCC2)C1. The van der Waals surface area contributed by atoms with E-state index in [0.29, 0.717) is 58.1 Å². The molecule has 0 bridgehead atoms. The Hall–Kier alpha value is -1.38. The molecule has 0 spiro atoms. The maximum Gasteiger partial charge on any atom is 0.270 e. The van der Waals surface area contributed by atoms with Crippen molar-refractivity contribution in [2.45, 2.75) is 19.5 Å². The first kappa shape index (κ1) is 15.5. The zero-order valence-corrected chi connectivity index (χ0v) is 13.5. The standard InChI is InChI=1S/C14H21N3O4S/c1-22(19,20)16-5-2-6-17-12(11-16)3-4-13(17)14(18)15-7-9-21-10-8-15/h3-4H,2,5-11H2,1H3. The molecule has 1 aromatic rings. The van der Waals surface area contributed by atoms with Crippen LogP contribution in [0.5, 0.6) is 0 Å². The highest BCUT2D eigenvalue weighted by atomic mass is 32.2. The van der Waals surface area contributed by atoms with Gasteiger partial charge in [-0.2, -0.15) is 4.31 Å². The van der Waals surface area contributed by atoms with E-state index in [1.165, 1.54) is 10.6 Å². The number of ether oxygens (including phenoxy) is 1. The van der Waals surface area contributed by atoms with E-state index in [9.17, 15) is 13.2 Å². The first-order valence-electron chi connectivity index (χ1n) is 7.47. The van der Waals surface area contributed by atoms with Crippen LogP contribution in [0.4, 0.5) is 0 Å². The van der Waals surface area contributed by atoms with Gasteiger partial charge in [-0.15, -0.1) is 0 Å². The van der Waals surface area contributed by atoms with E-state index in [-0.39, 0.29) is 5.91 Å². The number of nitrogens with zero attached hydrogens (tertiary/aromatic N) is 3. The molecule has 1 saturated heterocycles. The van der Waals surface area contributed by atoms with Gasteiger partial charge in [0.15, 0.2) is 0 Å². The molecule has 3 heterocycles. The van der Waals surface area contributed by atoms with Gasteiger partial charge in [0, 0.05) is 31.9 Å². The van der Waals surface area contributed by atoms with Crippen molar-refractivity contribution in [2.75, 3.05) is 39.1 Å². The van der Waals surface area contributed by atoms with Crippen LogP contribution in [0, 0.1) is 0 Å². The Morgan fingerprint density at radius 1 is 1.14 bits per heavy atom. The fourth-order valence-electron chi connectivity index (χ4n) is 2.98. The molecule has 122 valence electrons. The molecule has 0 radical (unpaired) electrons. The summed E-state index contributed by atoms with van der Waals surface area (Å²) in [5.74, 6) is 0.00218. The monoisotopic (exact) mass is 327 g/mol. The number of hydrogen-bond acceptors (Lipinski definition) is 4. The van der Waals surface area contributed by atoms with Gasteiger partial charge in [0.25, 0.3) is 5.91 Å². The Morgan fingerprint density at radius 3 is 2.55 bits per heavy atom. The number of fused-ring (bicyclic) bond motifs is 1. The van der Waals surface area contributed by atoms with Crippen LogP contribution in [0.3, 0.4) is 0 Å². The van der Waals surface area contributed by atoms with Crippen LogP contribution in [-0.2, 0) is 27.8 Å². The Balaban J connectivity index is 1.84. The fourth-order valence-corrected chi connectivity index (χ4v) is 3.80. The minimum atomic E-state index is -3.22. The van der Waals surface area contributed by atoms with Crippen LogP contribution in [-0.4, -0.2) is 67.2 Å². The maximum atomic E-state index is 12.6. The molecule has 0 unspecified atom stereocenters. The van der Waals surface area contributed by atoms with Crippen LogP contribution in [0.25, 0.3) is 0 Å². The summed E-state index contributed by atoms with van der Waals surface area (Å²) in [6, 6.07) is 3.66. The van der Waals surface area contributed by atoms with Crippen molar-refractivity contribution in [3.05, 3.63) is 23.5 Å². The maximum absolute atomic E-state index is 12.6. The molecule has 7 nitrogen and oxygen atoms in total. The lowest BCUT2D eigenvalue weighted by atomic mass is 10.3. The summed E-state index contributed by atoms with van der Waals surface area (Å²) in [4.78, 5) is 14.4. The third-order valence-electron chi connectivity index (χ3n) is 4.19. The molecule has 3 rings (SSSR count). The van der Waals surface area contributed by atoms with Crippen LogP contribution in [0.1, 0.15) is 22.6 Å². The molecule has 0 saturated carbocycles. The second-order valence-corrected chi connectivity index (χ2v) is 7.70. The van der Waals surface area contributed by atoms with Crippen LogP contribution >= 0.6 is 0 Å². The van der Waals surface area contributed by atoms with Gasteiger partial charge < -0.3 is 14.2 Å². The Bertz CT molecular complexity index is 662. The average Bonchev–Trinajstić information content (AvgIpc) is 2.75. The number of amides is 1. The van der Waals surface area contributed by atoms with Crippen LogP contribution in [0.15, 0.2) is 12.1 Å². The van der Waals surface area contributed by atoms with Gasteiger partial charge >= 0.3 is 0 Å². The summed E-state index contributed by atoms with van der Waals surface area (Å²) in [6.45, 7) is 3.84. The molecule has 1 fully saturated rings. The van der Waals surface area contributed by atoms with Crippen molar-refractivity contribution >= 4 is 15.9 Å². The number of hydrogen-bond donors (Lipinski definition) is 0. The third-order valence-corrected chi connectivity index (χ3v) is 5.43. The van der Waals surface area contributed by atoms with Crippen molar-refractivity contribution in [1.82, 2.24) is 13.8 Å². The minimum absolute atomic E-state index is 0.00218. The number of sulfonamides is 1. The largest absolute Gasteiger partial charge is 0.378 e. The third kappa shape index (κ3) is 3.04. The molecule has 22 heavy (non-hydrogen) atoms. The molecule has 2 aliphatic heterocycles. The zero-order chi connectivity index (χ0) is 15.7. The number of aromatic nitrogens is 1. The first-order chi connectivity index (χ1) is 10.5. The van der Waals surface area contributed by atoms with Gasteiger partial charge in [-0.3, -0.25) is 4.79 Å². The molecule has 1 amide bonds. The molecule has 0 aliphatic carbocycles. The summed E-state index contributed by atoms with van der Waals surface area (Å²) in [7, 11) is -3.22. The van der Waals surface area contributed by atoms with Crippen molar-refractivity contribution in [2.24, 2.45) is 0 Å². The molecule has 0 atom stereocenters. The molecular weight excluding hydrogens is 306 g/mol. The van der Waals surface area contributed by atoms with Gasteiger partial charge in [0.2, 0.25) is 10.0 Å². The quantitative estimate of drug-likeness (QED) is 0.774. The second kappa shape index (κ2) is 6.02. The molecule has 0 N–H and O–H groups in total. The number of morpholine rings is 1. The van der Waals surface area contributed by atoms with Crippen molar-refractivity contribution < 1.29 is 17.9 Å². The van der Waals surface area contributed by atoms with Crippen LogP contribution < -0.4 is 0 Å². The smallest absolute Gasteiger partial charge is 0.270 e. The molecule has 1 aromatic heterocycles. The summed E-state index contributed by atoms with van der Waals surface area (Å²) in [5, 5.41) is 0. The summed E-state index contributed by atoms with van der Waals surface area (Å²) >= 11 is 0. The van der Waals surface area contributed by atoms with E-state index in [0.717, 1.165) is 5.69 Å². The predicted molar refractivity (Wildman–Crippen MR) is 81.0 cm³/mol. The number of carbonyl (C=O) groups excluding carboxylic acids is 1. The van der Waals surface area contributed by atoms with Crippen molar-refractivity contribution in [3.8, 4) is 0 Å². The van der Waals surface area contributed by atoms with Gasteiger partial charge in [-0.25, -0.2) is 8.42 Å². The second-order valence-electron chi connectivity index (χ2n) is 5.72. The van der Waals surface area contributed by atoms with E-state index in [1.54, 1.807) is 11.0 Å². The predicted octanol–water partition coefficient (Wildman–Crippen LogP) is 0.126.